The molecule has 2 heterocycles. The van der Waals surface area contributed by atoms with Gasteiger partial charge in [0.15, 0.2) is 0 Å². The molecule has 0 aliphatic carbocycles. The van der Waals surface area contributed by atoms with Gasteiger partial charge in [0.25, 0.3) is 0 Å². The van der Waals surface area contributed by atoms with Crippen LogP contribution in [0.25, 0.3) is 0 Å². The fraction of sp³-hybridized carbons (Fsp3) is 0.111. The Morgan fingerprint density at radius 3 is 2.80 bits per heavy atom. The van der Waals surface area contributed by atoms with Crippen LogP contribution in [0.3, 0.4) is 0 Å². The first-order chi connectivity index (χ1) is 7.24. The quantitative estimate of drug-likeness (QED) is 0.918. The van der Waals surface area contributed by atoms with Crippen LogP contribution >= 0.6 is 34.5 Å². The van der Waals surface area contributed by atoms with E-state index in [2.05, 4.69) is 15.3 Å². The molecular formula is C9H7Cl2N3S. The molecule has 78 valence electrons. The Morgan fingerprint density at radius 2 is 2.13 bits per heavy atom. The molecule has 0 radical (unpaired) electrons. The molecule has 0 amide bonds. The van der Waals surface area contributed by atoms with E-state index in [9.17, 15) is 0 Å². The summed E-state index contributed by atoms with van der Waals surface area (Å²) in [4.78, 5) is 9.12. The molecule has 0 aliphatic rings. The highest BCUT2D eigenvalue weighted by Gasteiger charge is 1.99. The summed E-state index contributed by atoms with van der Waals surface area (Å²) in [5.41, 5.74) is 0. The summed E-state index contributed by atoms with van der Waals surface area (Å²) >= 11 is 13.0. The predicted octanol–water partition coefficient (Wildman–Crippen LogP) is 3.46. The molecule has 0 atom stereocenters. The molecule has 15 heavy (non-hydrogen) atoms. The monoisotopic (exact) mass is 259 g/mol. The summed E-state index contributed by atoms with van der Waals surface area (Å²) in [6.07, 6.45) is 3.12. The lowest BCUT2D eigenvalue weighted by atomic mass is 10.4. The fourth-order valence-electron chi connectivity index (χ4n) is 1.05. The summed E-state index contributed by atoms with van der Waals surface area (Å²) in [5, 5.41) is 3.49. The number of anilines is 1. The number of nitrogens with one attached hydrogen (secondary N) is 1. The van der Waals surface area contributed by atoms with Crippen molar-refractivity contribution in [3.05, 3.63) is 38.9 Å². The third kappa shape index (κ3) is 3.06. The third-order valence-corrected chi connectivity index (χ3v) is 3.09. The van der Waals surface area contributed by atoms with Gasteiger partial charge in [0.2, 0.25) is 0 Å². The minimum absolute atomic E-state index is 0.379. The molecule has 0 saturated carbocycles. The molecule has 0 aliphatic heterocycles. The molecule has 2 rings (SSSR count). The van der Waals surface area contributed by atoms with Gasteiger partial charge in [-0.3, -0.25) is 4.98 Å². The van der Waals surface area contributed by atoms with Gasteiger partial charge >= 0.3 is 0 Å². The SMILES string of the molecule is Clc1cncc(NCc2ccc(Cl)s2)n1. The topological polar surface area (TPSA) is 37.8 Å². The van der Waals surface area contributed by atoms with E-state index in [0.29, 0.717) is 17.5 Å². The molecule has 2 aromatic rings. The van der Waals surface area contributed by atoms with Gasteiger partial charge in [0.05, 0.1) is 23.3 Å². The zero-order chi connectivity index (χ0) is 10.7. The smallest absolute Gasteiger partial charge is 0.149 e. The van der Waals surface area contributed by atoms with Crippen LogP contribution in [0.15, 0.2) is 24.5 Å². The van der Waals surface area contributed by atoms with Crippen LogP contribution in [0.2, 0.25) is 9.49 Å². The van der Waals surface area contributed by atoms with E-state index in [4.69, 9.17) is 23.2 Å². The van der Waals surface area contributed by atoms with E-state index in [0.717, 1.165) is 9.21 Å². The van der Waals surface area contributed by atoms with Crippen molar-refractivity contribution >= 4 is 40.4 Å². The number of thiophene rings is 1. The van der Waals surface area contributed by atoms with Gasteiger partial charge in [0.1, 0.15) is 11.0 Å². The zero-order valence-corrected chi connectivity index (χ0v) is 9.90. The molecule has 0 unspecified atom stereocenters. The van der Waals surface area contributed by atoms with E-state index < -0.39 is 0 Å². The van der Waals surface area contributed by atoms with E-state index in [-0.39, 0.29) is 0 Å². The maximum atomic E-state index is 5.81. The maximum absolute atomic E-state index is 5.81. The molecule has 0 aromatic carbocycles. The molecule has 6 heteroatoms. The minimum atomic E-state index is 0.379. The Hall–Kier alpha value is -0.840. The first-order valence-electron chi connectivity index (χ1n) is 4.19. The van der Waals surface area contributed by atoms with Crippen LogP contribution < -0.4 is 5.32 Å². The van der Waals surface area contributed by atoms with Crippen molar-refractivity contribution in [1.82, 2.24) is 9.97 Å². The summed E-state index contributed by atoms with van der Waals surface area (Å²) in [6.45, 7) is 0.673. The van der Waals surface area contributed by atoms with E-state index in [1.807, 2.05) is 12.1 Å². The second-order valence-electron chi connectivity index (χ2n) is 2.79. The van der Waals surface area contributed by atoms with Gasteiger partial charge in [0, 0.05) is 4.88 Å². The number of halogens is 2. The van der Waals surface area contributed by atoms with Gasteiger partial charge in [-0.15, -0.1) is 11.3 Å². The molecule has 0 spiro atoms. The number of hydrogen-bond donors (Lipinski definition) is 1. The highest BCUT2D eigenvalue weighted by molar-refractivity contribution is 7.16. The molecule has 3 nitrogen and oxygen atoms in total. The van der Waals surface area contributed by atoms with Crippen molar-refractivity contribution < 1.29 is 0 Å². The van der Waals surface area contributed by atoms with Crippen LogP contribution in [0.4, 0.5) is 5.82 Å². The van der Waals surface area contributed by atoms with Crippen LogP contribution in [-0.4, -0.2) is 9.97 Å². The van der Waals surface area contributed by atoms with E-state index in [1.165, 1.54) is 17.5 Å². The standard InChI is InChI=1S/C9H7Cl2N3S/c10-7-4-12-5-9(14-7)13-3-6-1-2-8(11)15-6/h1-2,4-5H,3H2,(H,13,14). The third-order valence-electron chi connectivity index (χ3n) is 1.68. The molecular weight excluding hydrogens is 253 g/mol. The average molecular weight is 260 g/mol. The van der Waals surface area contributed by atoms with Gasteiger partial charge < -0.3 is 5.32 Å². The van der Waals surface area contributed by atoms with Crippen LogP contribution in [-0.2, 0) is 6.54 Å². The van der Waals surface area contributed by atoms with E-state index in [1.54, 1.807) is 6.20 Å². The van der Waals surface area contributed by atoms with Gasteiger partial charge in [-0.25, -0.2) is 4.98 Å². The molecule has 2 aromatic heterocycles. The molecule has 0 saturated heterocycles. The highest BCUT2D eigenvalue weighted by atomic mass is 35.5. The largest absolute Gasteiger partial charge is 0.364 e. The lowest BCUT2D eigenvalue weighted by Gasteiger charge is -2.02. The predicted molar refractivity (Wildman–Crippen MR) is 63.7 cm³/mol. The van der Waals surface area contributed by atoms with Crippen molar-refractivity contribution in [3.8, 4) is 0 Å². The lowest BCUT2D eigenvalue weighted by molar-refractivity contribution is 1.11. The first-order valence-corrected chi connectivity index (χ1v) is 5.77. The van der Waals surface area contributed by atoms with Crippen LogP contribution in [0, 0.1) is 0 Å². The van der Waals surface area contributed by atoms with Crippen molar-refractivity contribution in [1.29, 1.82) is 0 Å². The summed E-state index contributed by atoms with van der Waals surface area (Å²) < 4.78 is 0.781. The van der Waals surface area contributed by atoms with Crippen molar-refractivity contribution in [2.45, 2.75) is 6.54 Å². The Morgan fingerprint density at radius 1 is 1.27 bits per heavy atom. The second-order valence-corrected chi connectivity index (χ2v) is 4.97. The number of rotatable bonds is 3. The highest BCUT2D eigenvalue weighted by Crippen LogP contribution is 2.22. The van der Waals surface area contributed by atoms with Crippen LogP contribution in [0.5, 0.6) is 0 Å². The van der Waals surface area contributed by atoms with Crippen molar-refractivity contribution in [2.75, 3.05) is 5.32 Å². The molecule has 0 fully saturated rings. The Bertz CT molecular complexity index is 458. The van der Waals surface area contributed by atoms with Gasteiger partial charge in [-0.05, 0) is 12.1 Å². The fourth-order valence-corrected chi connectivity index (χ4v) is 2.23. The maximum Gasteiger partial charge on any atom is 0.149 e. The zero-order valence-electron chi connectivity index (χ0n) is 7.58. The summed E-state index contributed by atoms with van der Waals surface area (Å²) in [6, 6.07) is 3.84. The second kappa shape index (κ2) is 4.79. The summed E-state index contributed by atoms with van der Waals surface area (Å²) in [5.74, 6) is 0.659. The Labute approximate surface area is 101 Å². The normalized spacial score (nSPS) is 10.3. The molecule has 1 N–H and O–H groups in total. The lowest BCUT2D eigenvalue weighted by Crippen LogP contribution is -2.00. The number of aromatic nitrogens is 2. The molecule has 0 bridgehead atoms. The number of nitrogens with zero attached hydrogens (tertiary/aromatic N) is 2. The van der Waals surface area contributed by atoms with Gasteiger partial charge in [-0.1, -0.05) is 23.2 Å². The first kappa shape index (κ1) is 10.7. The van der Waals surface area contributed by atoms with Crippen LogP contribution in [0.1, 0.15) is 4.88 Å². The number of hydrogen-bond acceptors (Lipinski definition) is 4. The van der Waals surface area contributed by atoms with Crippen molar-refractivity contribution in [2.24, 2.45) is 0 Å². The summed E-state index contributed by atoms with van der Waals surface area (Å²) in [7, 11) is 0. The minimum Gasteiger partial charge on any atom is -0.364 e. The average Bonchev–Trinajstić information content (AvgIpc) is 2.62. The van der Waals surface area contributed by atoms with Crippen molar-refractivity contribution in [3.63, 3.8) is 0 Å². The Kier molecular flexibility index (Phi) is 3.41. The van der Waals surface area contributed by atoms with E-state index >= 15 is 0 Å². The van der Waals surface area contributed by atoms with Gasteiger partial charge in [-0.2, -0.15) is 0 Å². The Balaban J connectivity index is 1.99.